The Hall–Kier alpha value is -1.13. The highest BCUT2D eigenvalue weighted by Gasteiger charge is 2.13. The fourth-order valence-electron chi connectivity index (χ4n) is 1.72. The van der Waals surface area contributed by atoms with Crippen molar-refractivity contribution in [2.45, 2.75) is 26.5 Å². The molecule has 90 valence electrons. The van der Waals surface area contributed by atoms with E-state index in [-0.39, 0.29) is 0 Å². The van der Waals surface area contributed by atoms with Crippen LogP contribution in [-0.2, 0) is 6.54 Å². The maximum absolute atomic E-state index is 10.2. The molecule has 0 aliphatic heterocycles. The standard InChI is InChI=1S/C13H15BrN2O/c1-3-16-8-11(7-15-16)13(17)10-4-5-12(14)9(2)6-10/h4-8,13,17H,3H2,1-2H3. The normalized spacial score (nSPS) is 12.7. The summed E-state index contributed by atoms with van der Waals surface area (Å²) >= 11 is 3.45. The van der Waals surface area contributed by atoms with Crippen LogP contribution in [-0.4, -0.2) is 14.9 Å². The van der Waals surface area contributed by atoms with Gasteiger partial charge in [0.15, 0.2) is 0 Å². The van der Waals surface area contributed by atoms with E-state index < -0.39 is 6.10 Å². The average molecular weight is 295 g/mol. The summed E-state index contributed by atoms with van der Waals surface area (Å²) < 4.78 is 2.86. The first-order valence-electron chi connectivity index (χ1n) is 5.58. The Labute approximate surface area is 109 Å². The summed E-state index contributed by atoms with van der Waals surface area (Å²) in [7, 11) is 0. The zero-order valence-electron chi connectivity index (χ0n) is 9.89. The van der Waals surface area contributed by atoms with E-state index >= 15 is 0 Å². The molecule has 0 aliphatic carbocycles. The van der Waals surface area contributed by atoms with Crippen molar-refractivity contribution >= 4 is 15.9 Å². The van der Waals surface area contributed by atoms with Crippen LogP contribution in [0.1, 0.15) is 29.7 Å². The molecule has 0 bridgehead atoms. The van der Waals surface area contributed by atoms with Crippen molar-refractivity contribution < 1.29 is 5.11 Å². The summed E-state index contributed by atoms with van der Waals surface area (Å²) in [6.45, 7) is 4.84. The summed E-state index contributed by atoms with van der Waals surface area (Å²) in [5, 5.41) is 14.4. The van der Waals surface area contributed by atoms with E-state index in [0.717, 1.165) is 27.7 Å². The van der Waals surface area contributed by atoms with Gasteiger partial charge in [-0.15, -0.1) is 0 Å². The van der Waals surface area contributed by atoms with Gasteiger partial charge in [0.1, 0.15) is 6.10 Å². The number of halogens is 1. The fourth-order valence-corrected chi connectivity index (χ4v) is 1.97. The van der Waals surface area contributed by atoms with Gasteiger partial charge in [0.2, 0.25) is 0 Å². The van der Waals surface area contributed by atoms with Crippen molar-refractivity contribution in [2.75, 3.05) is 0 Å². The molecule has 0 radical (unpaired) electrons. The largest absolute Gasteiger partial charge is 0.384 e. The second-order valence-corrected chi connectivity index (χ2v) is 4.89. The number of aliphatic hydroxyl groups is 1. The smallest absolute Gasteiger partial charge is 0.107 e. The van der Waals surface area contributed by atoms with E-state index in [1.54, 1.807) is 6.20 Å². The van der Waals surface area contributed by atoms with Gasteiger partial charge in [-0.3, -0.25) is 4.68 Å². The molecular weight excluding hydrogens is 280 g/mol. The van der Waals surface area contributed by atoms with Gasteiger partial charge in [-0.05, 0) is 31.0 Å². The molecule has 0 spiro atoms. The van der Waals surface area contributed by atoms with Crippen molar-refractivity contribution in [3.63, 3.8) is 0 Å². The molecule has 0 fully saturated rings. The van der Waals surface area contributed by atoms with E-state index in [2.05, 4.69) is 21.0 Å². The van der Waals surface area contributed by atoms with Crippen LogP contribution in [0.4, 0.5) is 0 Å². The van der Waals surface area contributed by atoms with Crippen LogP contribution in [0.5, 0.6) is 0 Å². The lowest BCUT2D eigenvalue weighted by atomic mass is 10.0. The van der Waals surface area contributed by atoms with E-state index in [4.69, 9.17) is 0 Å². The van der Waals surface area contributed by atoms with Gasteiger partial charge in [-0.2, -0.15) is 5.10 Å². The molecule has 1 heterocycles. The van der Waals surface area contributed by atoms with Crippen molar-refractivity contribution in [2.24, 2.45) is 0 Å². The van der Waals surface area contributed by atoms with Crippen LogP contribution in [0.3, 0.4) is 0 Å². The molecule has 0 amide bonds. The van der Waals surface area contributed by atoms with E-state index in [1.807, 2.05) is 42.9 Å². The first-order chi connectivity index (χ1) is 8.11. The molecule has 1 unspecified atom stereocenters. The zero-order valence-corrected chi connectivity index (χ0v) is 11.5. The van der Waals surface area contributed by atoms with Gasteiger partial charge in [-0.1, -0.05) is 28.1 Å². The Balaban J connectivity index is 2.29. The van der Waals surface area contributed by atoms with E-state index in [1.165, 1.54) is 0 Å². The van der Waals surface area contributed by atoms with E-state index in [9.17, 15) is 5.11 Å². The third kappa shape index (κ3) is 2.58. The maximum atomic E-state index is 10.2. The Morgan fingerprint density at radius 2 is 2.18 bits per heavy atom. The van der Waals surface area contributed by atoms with Crippen LogP contribution >= 0.6 is 15.9 Å². The molecule has 4 heteroatoms. The molecule has 3 nitrogen and oxygen atoms in total. The molecule has 1 N–H and O–H groups in total. The number of aryl methyl sites for hydroxylation is 2. The highest BCUT2D eigenvalue weighted by atomic mass is 79.9. The van der Waals surface area contributed by atoms with Crippen LogP contribution in [0.15, 0.2) is 35.1 Å². The average Bonchev–Trinajstić information content (AvgIpc) is 2.80. The molecule has 1 aromatic carbocycles. The van der Waals surface area contributed by atoms with Gasteiger partial charge in [-0.25, -0.2) is 0 Å². The van der Waals surface area contributed by atoms with Crippen molar-refractivity contribution in [3.05, 3.63) is 51.8 Å². The summed E-state index contributed by atoms with van der Waals surface area (Å²) in [5.74, 6) is 0. The lowest BCUT2D eigenvalue weighted by molar-refractivity contribution is 0.220. The Morgan fingerprint density at radius 3 is 2.76 bits per heavy atom. The SMILES string of the molecule is CCn1cc(C(O)c2ccc(Br)c(C)c2)cn1. The predicted octanol–water partition coefficient (Wildman–Crippen LogP) is 3.06. The number of aromatic nitrogens is 2. The topological polar surface area (TPSA) is 38.0 Å². The molecule has 1 atom stereocenters. The summed E-state index contributed by atoms with van der Waals surface area (Å²) in [6, 6.07) is 5.86. The zero-order chi connectivity index (χ0) is 12.4. The molecular formula is C13H15BrN2O. The second-order valence-electron chi connectivity index (χ2n) is 4.04. The number of hydrogen-bond donors (Lipinski definition) is 1. The number of rotatable bonds is 3. The minimum atomic E-state index is -0.609. The first-order valence-corrected chi connectivity index (χ1v) is 6.37. The molecule has 17 heavy (non-hydrogen) atoms. The number of nitrogens with zero attached hydrogens (tertiary/aromatic N) is 2. The summed E-state index contributed by atoms with van der Waals surface area (Å²) in [4.78, 5) is 0. The monoisotopic (exact) mass is 294 g/mol. The fraction of sp³-hybridized carbons (Fsp3) is 0.308. The van der Waals surface area contributed by atoms with Crippen LogP contribution < -0.4 is 0 Å². The Bertz CT molecular complexity index is 522. The van der Waals surface area contributed by atoms with Crippen molar-refractivity contribution in [1.82, 2.24) is 9.78 Å². The molecule has 0 saturated heterocycles. The van der Waals surface area contributed by atoms with Crippen LogP contribution in [0.25, 0.3) is 0 Å². The predicted molar refractivity (Wildman–Crippen MR) is 70.8 cm³/mol. The Kier molecular flexibility index (Phi) is 3.64. The van der Waals surface area contributed by atoms with E-state index in [0.29, 0.717) is 0 Å². The maximum Gasteiger partial charge on any atom is 0.107 e. The summed E-state index contributed by atoms with van der Waals surface area (Å²) in [6.07, 6.45) is 2.98. The van der Waals surface area contributed by atoms with Gasteiger partial charge >= 0.3 is 0 Å². The first kappa shape index (κ1) is 12.3. The van der Waals surface area contributed by atoms with Crippen LogP contribution in [0.2, 0.25) is 0 Å². The number of benzene rings is 1. The Morgan fingerprint density at radius 1 is 1.41 bits per heavy atom. The molecule has 0 aliphatic rings. The molecule has 2 rings (SSSR count). The van der Waals surface area contributed by atoms with Gasteiger partial charge < -0.3 is 5.11 Å². The summed E-state index contributed by atoms with van der Waals surface area (Å²) in [5.41, 5.74) is 2.83. The third-order valence-electron chi connectivity index (χ3n) is 2.79. The van der Waals surface area contributed by atoms with Crippen LogP contribution in [0, 0.1) is 6.92 Å². The second kappa shape index (κ2) is 5.02. The van der Waals surface area contributed by atoms with Crippen molar-refractivity contribution in [3.8, 4) is 0 Å². The lowest BCUT2D eigenvalue weighted by Gasteiger charge is -2.10. The van der Waals surface area contributed by atoms with Gasteiger partial charge in [0.25, 0.3) is 0 Å². The molecule has 0 saturated carbocycles. The van der Waals surface area contributed by atoms with Crippen molar-refractivity contribution in [1.29, 1.82) is 0 Å². The minimum absolute atomic E-state index is 0.609. The minimum Gasteiger partial charge on any atom is -0.384 e. The van der Waals surface area contributed by atoms with Gasteiger partial charge in [0, 0.05) is 22.8 Å². The molecule has 2 aromatic rings. The van der Waals surface area contributed by atoms with Gasteiger partial charge in [0.05, 0.1) is 6.20 Å². The number of hydrogen-bond acceptors (Lipinski definition) is 2. The quantitative estimate of drug-likeness (QED) is 0.945. The highest BCUT2D eigenvalue weighted by molar-refractivity contribution is 9.10. The number of aliphatic hydroxyl groups excluding tert-OH is 1. The third-order valence-corrected chi connectivity index (χ3v) is 3.68. The highest BCUT2D eigenvalue weighted by Crippen LogP contribution is 2.25. The lowest BCUT2D eigenvalue weighted by Crippen LogP contribution is -1.99. The molecule has 1 aromatic heterocycles.